The highest BCUT2D eigenvalue weighted by Crippen LogP contribution is 2.59. The van der Waals surface area contributed by atoms with E-state index in [-0.39, 0.29) is 44.3 Å². The van der Waals surface area contributed by atoms with E-state index in [4.69, 9.17) is 49.4 Å². The van der Waals surface area contributed by atoms with Crippen LogP contribution in [0.25, 0.3) is 0 Å². The lowest BCUT2D eigenvalue weighted by atomic mass is 10.6. The molecule has 0 aromatic heterocycles. The fraction of sp³-hybridized carbons (Fsp3) is 1.00. The first-order chi connectivity index (χ1) is 20.0. The van der Waals surface area contributed by atoms with E-state index < -0.39 is 70.4 Å². The Hall–Kier alpha value is 1.26. The first kappa shape index (κ1) is 36.5. The average molecular weight is 761 g/mol. The molecule has 44 heavy (non-hydrogen) atoms. The zero-order valence-electron chi connectivity index (χ0n) is 29.5. The van der Waals surface area contributed by atoms with Gasteiger partial charge in [0, 0.05) is 44.3 Å². The zero-order chi connectivity index (χ0) is 33.1. The highest BCUT2D eigenvalue weighted by Gasteiger charge is 2.86. The third-order valence-electron chi connectivity index (χ3n) is 9.07. The fourth-order valence-corrected chi connectivity index (χ4v) is 60.4. The molecule has 20 heteroatoms. The van der Waals surface area contributed by atoms with E-state index in [1.807, 2.05) is 0 Å². The second kappa shape index (κ2) is 11.4. The van der Waals surface area contributed by atoms with Crippen molar-refractivity contribution in [2.45, 2.75) is 155 Å². The molecule has 0 unspecified atom stereocenters. The molecule has 0 aromatic carbocycles. The van der Waals surface area contributed by atoms with Crippen molar-refractivity contribution in [2.75, 3.05) is 0 Å². The third-order valence-corrected chi connectivity index (χ3v) is 47.7. The van der Waals surface area contributed by atoms with Gasteiger partial charge in [-0.05, 0) is 0 Å². The molecule has 6 rings (SSSR count). The van der Waals surface area contributed by atoms with Crippen molar-refractivity contribution < 1.29 is 49.4 Å². The summed E-state index contributed by atoms with van der Waals surface area (Å²) in [4.78, 5) is 0. The van der Waals surface area contributed by atoms with Gasteiger partial charge in [-0.2, -0.15) is 0 Å². The van der Waals surface area contributed by atoms with Crippen molar-refractivity contribution >= 4 is 70.4 Å². The monoisotopic (exact) mass is 760 g/mol. The summed E-state index contributed by atoms with van der Waals surface area (Å²) in [7, 11) is -30.7. The maximum absolute atomic E-state index is 7.48. The molecule has 0 saturated carbocycles. The van der Waals surface area contributed by atoms with Gasteiger partial charge in [0.05, 0.1) is 0 Å². The van der Waals surface area contributed by atoms with E-state index >= 15 is 0 Å². The molecule has 0 aliphatic carbocycles. The minimum absolute atomic E-state index is 0.219. The van der Waals surface area contributed by atoms with Gasteiger partial charge < -0.3 is 49.4 Å². The molecule has 0 atom stereocenters. The second-order valence-electron chi connectivity index (χ2n) is 15.3. The summed E-state index contributed by atoms with van der Waals surface area (Å²) >= 11 is 0. The summed E-state index contributed by atoms with van der Waals surface area (Å²) in [6.45, 7) is 32.9. The van der Waals surface area contributed by atoms with Crippen molar-refractivity contribution in [3.8, 4) is 0 Å². The Labute approximate surface area is 273 Å². The quantitative estimate of drug-likeness (QED) is 0.237. The van der Waals surface area contributed by atoms with E-state index in [0.29, 0.717) is 0 Å². The minimum atomic E-state index is -3.83. The summed E-state index contributed by atoms with van der Waals surface area (Å²) in [5.74, 6) is 0. The van der Waals surface area contributed by atoms with Gasteiger partial charge in [-0.3, -0.25) is 0 Å². The van der Waals surface area contributed by atoms with Gasteiger partial charge in [-0.25, -0.2) is 0 Å². The van der Waals surface area contributed by atoms with Crippen LogP contribution in [0, 0.1) is 0 Å². The number of rotatable bonds is 8. The summed E-state index contributed by atoms with van der Waals surface area (Å²) in [6, 6.07) is 0. The van der Waals surface area contributed by atoms with Crippen LogP contribution in [0.15, 0.2) is 0 Å². The van der Waals surface area contributed by atoms with E-state index in [0.717, 1.165) is 0 Å². The molecule has 0 amide bonds. The maximum Gasteiger partial charge on any atom is 0.481 e. The van der Waals surface area contributed by atoms with Crippen LogP contribution in [-0.2, 0) is 49.4 Å². The average Bonchev–Trinajstić information content (AvgIpc) is 2.80. The molecule has 0 spiro atoms. The third kappa shape index (κ3) is 5.25. The predicted molar refractivity (Wildman–Crippen MR) is 180 cm³/mol. The van der Waals surface area contributed by atoms with Crippen LogP contribution in [0.1, 0.15) is 111 Å². The largest absolute Gasteiger partial charge is 0.481 e. The highest BCUT2D eigenvalue weighted by molar-refractivity contribution is 7.04. The van der Waals surface area contributed by atoms with Crippen LogP contribution in [0.2, 0.25) is 44.3 Å². The highest BCUT2D eigenvalue weighted by atomic mass is 28.6. The Morgan fingerprint density at radius 2 is 0.250 bits per heavy atom. The van der Waals surface area contributed by atoms with Crippen LogP contribution in [-0.4, -0.2) is 70.4 Å². The molecule has 0 N–H and O–H groups in total. The fourth-order valence-electron chi connectivity index (χ4n) is 5.71. The lowest BCUT2D eigenvalue weighted by Crippen LogP contribution is -2.90. The van der Waals surface area contributed by atoms with Crippen LogP contribution in [0.5, 0.6) is 0 Å². The van der Waals surface area contributed by atoms with Gasteiger partial charge in [0.2, 0.25) is 0 Å². The molecule has 256 valence electrons. The van der Waals surface area contributed by atoms with Crippen LogP contribution in [0.4, 0.5) is 0 Å². The molecule has 6 fully saturated rings. The summed E-state index contributed by atoms with van der Waals surface area (Å²) in [5, 5.41) is 0. The van der Waals surface area contributed by atoms with E-state index in [2.05, 4.69) is 111 Å². The van der Waals surface area contributed by atoms with E-state index in [1.165, 1.54) is 0 Å². The molecular formula is C24H56O12Si8. The molecular weight excluding hydrogens is 705 g/mol. The van der Waals surface area contributed by atoms with Gasteiger partial charge >= 0.3 is 70.4 Å². The first-order valence-corrected chi connectivity index (χ1v) is 30.9. The lowest BCUT2D eigenvalue weighted by molar-refractivity contribution is -0.0437. The smallest absolute Gasteiger partial charge is 0.373 e. The summed E-state index contributed by atoms with van der Waals surface area (Å²) in [5.41, 5.74) is -1.75. The van der Waals surface area contributed by atoms with Gasteiger partial charge in [0.25, 0.3) is 0 Å². The van der Waals surface area contributed by atoms with Gasteiger partial charge in [0.15, 0.2) is 0 Å². The zero-order valence-corrected chi connectivity index (χ0v) is 37.5. The Bertz CT molecular complexity index is 786. The maximum atomic E-state index is 7.48. The Morgan fingerprint density at radius 1 is 0.182 bits per heavy atom. The van der Waals surface area contributed by atoms with Gasteiger partial charge in [-0.15, -0.1) is 0 Å². The van der Waals surface area contributed by atoms with Crippen molar-refractivity contribution in [1.82, 2.24) is 0 Å². The van der Waals surface area contributed by atoms with E-state index in [9.17, 15) is 0 Å². The van der Waals surface area contributed by atoms with Gasteiger partial charge in [0.1, 0.15) is 0 Å². The van der Waals surface area contributed by atoms with Crippen LogP contribution in [0.3, 0.4) is 0 Å². The van der Waals surface area contributed by atoms with Crippen molar-refractivity contribution in [1.29, 1.82) is 0 Å². The normalized spacial score (nSPS) is 47.5. The van der Waals surface area contributed by atoms with Crippen LogP contribution < -0.4 is 0 Å². The van der Waals surface area contributed by atoms with Crippen molar-refractivity contribution in [3.05, 3.63) is 0 Å². The summed E-state index contributed by atoms with van der Waals surface area (Å²) in [6.07, 6.45) is 0. The molecule has 6 saturated heterocycles. The van der Waals surface area contributed by atoms with E-state index in [1.54, 1.807) is 0 Å². The molecule has 6 aliphatic rings. The van der Waals surface area contributed by atoms with Crippen LogP contribution >= 0.6 is 0 Å². The molecule has 0 radical (unpaired) electrons. The van der Waals surface area contributed by atoms with Gasteiger partial charge in [-0.1, -0.05) is 111 Å². The molecule has 8 bridgehead atoms. The Morgan fingerprint density at radius 3 is 0.295 bits per heavy atom. The van der Waals surface area contributed by atoms with Crippen molar-refractivity contribution in [2.24, 2.45) is 0 Å². The molecule has 6 heterocycles. The topological polar surface area (TPSA) is 111 Å². The first-order valence-electron chi connectivity index (χ1n) is 16.4. The lowest BCUT2D eigenvalue weighted by Gasteiger charge is -2.66. The molecule has 0 aromatic rings. The number of hydrogen-bond donors (Lipinski definition) is 0. The number of hydrogen-bond acceptors (Lipinski definition) is 12. The second-order valence-corrected chi connectivity index (χ2v) is 44.0. The van der Waals surface area contributed by atoms with Crippen molar-refractivity contribution in [3.63, 3.8) is 0 Å². The Kier molecular flexibility index (Phi) is 9.46. The minimum Gasteiger partial charge on any atom is -0.373 e. The molecule has 12 nitrogen and oxygen atoms in total. The summed E-state index contributed by atoms with van der Waals surface area (Å²) < 4.78 is 89.7. The Balaban J connectivity index is 2.00. The SMILES string of the molecule is CC(C)[Si]12O[Si]3(C(C)C)O[Si]4(C(C)C)O[Si](C(C)C)(O1)O[Si]1(C(C)C)O[Si](C(C)C)(O2)O[Si](C(C)C)(O3)O[Si](C(C)C)(O4)O1. The molecule has 6 aliphatic heterocycles. The standard InChI is InChI=1S/C24H56O12Si8/c1-17(2)37-25-38(18(3)4)28-41(21(9)10)30-39(26-37,19(5)6)32-43(23(13)14)33-40(27-37,20(7)8)31-42(29-38,22(11)12)35-44(34-41,36-43)24(15)16/h17-24H,1-16H3. The predicted octanol–water partition coefficient (Wildman–Crippen LogP) is 7.04.